The highest BCUT2D eigenvalue weighted by molar-refractivity contribution is 7.17. The third-order valence-electron chi connectivity index (χ3n) is 7.91. The first-order chi connectivity index (χ1) is 14.4. The summed E-state index contributed by atoms with van der Waals surface area (Å²) in [4.78, 5) is 26.8. The van der Waals surface area contributed by atoms with Crippen LogP contribution in [-0.2, 0) is 22.4 Å². The minimum absolute atomic E-state index is 0.0389. The van der Waals surface area contributed by atoms with Crippen LogP contribution in [0.25, 0.3) is 0 Å². The number of thiophene rings is 1. The lowest BCUT2D eigenvalue weighted by molar-refractivity contribution is -0.116. The first kappa shape index (κ1) is 20.5. The predicted molar refractivity (Wildman–Crippen MR) is 119 cm³/mol. The minimum Gasteiger partial charge on any atom is -0.462 e. The molecule has 5 aliphatic carbocycles. The summed E-state index contributed by atoms with van der Waals surface area (Å²) in [6.45, 7) is 4.75. The molecule has 1 heterocycles. The Kier molecular flexibility index (Phi) is 5.42. The molecule has 30 heavy (non-hydrogen) atoms. The molecule has 4 bridgehead atoms. The molecule has 1 atom stereocenters. The zero-order valence-electron chi connectivity index (χ0n) is 18.2. The molecule has 6 rings (SSSR count). The average Bonchev–Trinajstić information content (AvgIpc) is 3.02. The number of amides is 1. The summed E-state index contributed by atoms with van der Waals surface area (Å²) < 4.78 is 5.33. The third kappa shape index (κ3) is 3.81. The monoisotopic (exact) mass is 430 g/mol. The Bertz CT molecular complexity index is 810. The van der Waals surface area contributed by atoms with Gasteiger partial charge in [-0.1, -0.05) is 6.92 Å². The second-order valence-corrected chi connectivity index (χ2v) is 11.5. The van der Waals surface area contributed by atoms with Crippen molar-refractivity contribution >= 4 is 28.2 Å². The van der Waals surface area contributed by atoms with Gasteiger partial charge >= 0.3 is 5.97 Å². The molecule has 0 aliphatic heterocycles. The van der Waals surface area contributed by atoms with Gasteiger partial charge in [0.1, 0.15) is 5.00 Å². The largest absolute Gasteiger partial charge is 0.462 e. The number of carbonyl (C=O) groups excluding carboxylic acids is 2. The molecule has 0 saturated heterocycles. The van der Waals surface area contributed by atoms with Crippen LogP contribution in [0, 0.1) is 23.7 Å². The van der Waals surface area contributed by atoms with Crippen LogP contribution in [0.3, 0.4) is 0 Å². The third-order valence-corrected chi connectivity index (χ3v) is 9.08. The number of esters is 1. The van der Waals surface area contributed by atoms with Crippen molar-refractivity contribution in [2.45, 2.75) is 77.2 Å². The van der Waals surface area contributed by atoms with Crippen molar-refractivity contribution in [2.75, 3.05) is 18.5 Å². The molecule has 4 saturated carbocycles. The summed E-state index contributed by atoms with van der Waals surface area (Å²) in [7, 11) is 0. The molecule has 0 unspecified atom stereocenters. The van der Waals surface area contributed by atoms with Crippen molar-refractivity contribution < 1.29 is 14.3 Å². The van der Waals surface area contributed by atoms with Gasteiger partial charge in [0.15, 0.2) is 0 Å². The topological polar surface area (TPSA) is 67.4 Å². The summed E-state index contributed by atoms with van der Waals surface area (Å²) in [6.07, 6.45) is 10.8. The fourth-order valence-electron chi connectivity index (χ4n) is 7.02. The van der Waals surface area contributed by atoms with Gasteiger partial charge in [0.05, 0.1) is 18.7 Å². The summed E-state index contributed by atoms with van der Waals surface area (Å²) in [5, 5.41) is 7.42. The van der Waals surface area contributed by atoms with E-state index in [2.05, 4.69) is 17.6 Å². The molecular formula is C24H34N2O3S. The number of carbonyl (C=O) groups is 2. The van der Waals surface area contributed by atoms with E-state index in [-0.39, 0.29) is 17.4 Å². The summed E-state index contributed by atoms with van der Waals surface area (Å²) >= 11 is 1.57. The smallest absolute Gasteiger partial charge is 0.341 e. The van der Waals surface area contributed by atoms with E-state index in [4.69, 9.17) is 4.74 Å². The van der Waals surface area contributed by atoms with Crippen LogP contribution in [0.2, 0.25) is 0 Å². The summed E-state index contributed by atoms with van der Waals surface area (Å²) in [6, 6.07) is 0. The van der Waals surface area contributed by atoms with E-state index in [1.54, 1.807) is 11.3 Å². The molecule has 0 aromatic carbocycles. The molecule has 2 N–H and O–H groups in total. The van der Waals surface area contributed by atoms with Gasteiger partial charge in [-0.05, 0) is 93.9 Å². The highest BCUT2D eigenvalue weighted by Gasteiger charge is 2.50. The van der Waals surface area contributed by atoms with Gasteiger partial charge in [0, 0.05) is 10.4 Å². The van der Waals surface area contributed by atoms with Crippen LogP contribution >= 0.6 is 11.3 Å². The Morgan fingerprint density at radius 2 is 1.80 bits per heavy atom. The molecule has 0 spiro atoms. The van der Waals surface area contributed by atoms with Crippen LogP contribution in [-0.4, -0.2) is 30.6 Å². The Balaban J connectivity index is 1.28. The van der Waals surface area contributed by atoms with Crippen LogP contribution in [0.5, 0.6) is 0 Å². The zero-order valence-corrected chi connectivity index (χ0v) is 19.0. The van der Waals surface area contributed by atoms with Crippen LogP contribution < -0.4 is 10.6 Å². The second-order valence-electron chi connectivity index (χ2n) is 10.4. The number of nitrogens with one attached hydrogen (secondary N) is 2. The lowest BCUT2D eigenvalue weighted by Crippen LogP contribution is -2.59. The van der Waals surface area contributed by atoms with Crippen molar-refractivity contribution in [3.8, 4) is 0 Å². The Labute approximate surface area is 183 Å². The lowest BCUT2D eigenvalue weighted by atomic mass is 9.53. The standard InChI is InChI=1S/C24H34N2O3S/c1-3-29-23(28)21-18-5-4-14(2)6-19(18)30-22(21)26-20(27)13-25-24-10-15-7-16(11-24)9-17(8-15)12-24/h14-17,25H,3-13H2,1-2H3,(H,26,27)/t14-,15?,16?,17?,24?/m0/s1. The van der Waals surface area contributed by atoms with E-state index in [1.165, 1.54) is 43.4 Å². The van der Waals surface area contributed by atoms with Crippen molar-refractivity contribution in [1.82, 2.24) is 5.32 Å². The van der Waals surface area contributed by atoms with Crippen molar-refractivity contribution in [1.29, 1.82) is 0 Å². The van der Waals surface area contributed by atoms with E-state index in [9.17, 15) is 9.59 Å². The van der Waals surface area contributed by atoms with Crippen LogP contribution in [0.15, 0.2) is 0 Å². The maximum atomic E-state index is 12.9. The lowest BCUT2D eigenvalue weighted by Gasteiger charge is -2.57. The molecule has 1 aromatic heterocycles. The maximum absolute atomic E-state index is 12.9. The number of rotatable bonds is 6. The SMILES string of the molecule is CCOC(=O)c1c(NC(=O)CNC23CC4CC(CC(C4)C2)C3)sc2c1CC[C@H](C)C2. The highest BCUT2D eigenvalue weighted by atomic mass is 32.1. The van der Waals surface area contributed by atoms with Gasteiger partial charge in [0.25, 0.3) is 0 Å². The summed E-state index contributed by atoms with van der Waals surface area (Å²) in [5.41, 5.74) is 1.87. The Morgan fingerprint density at radius 1 is 1.13 bits per heavy atom. The van der Waals surface area contributed by atoms with Crippen molar-refractivity contribution in [2.24, 2.45) is 23.7 Å². The van der Waals surface area contributed by atoms with Crippen molar-refractivity contribution in [3.63, 3.8) is 0 Å². The van der Waals surface area contributed by atoms with E-state index in [1.807, 2.05) is 6.92 Å². The number of hydrogen-bond donors (Lipinski definition) is 2. The highest BCUT2D eigenvalue weighted by Crippen LogP contribution is 2.55. The maximum Gasteiger partial charge on any atom is 0.341 e. The van der Waals surface area contributed by atoms with Gasteiger partial charge < -0.3 is 15.4 Å². The quantitative estimate of drug-likeness (QED) is 0.650. The molecule has 1 aromatic rings. The number of anilines is 1. The number of hydrogen-bond acceptors (Lipinski definition) is 5. The average molecular weight is 431 g/mol. The van der Waals surface area contributed by atoms with E-state index < -0.39 is 0 Å². The number of ether oxygens (including phenoxy) is 1. The predicted octanol–water partition coefficient (Wildman–Crippen LogP) is 4.55. The second kappa shape index (κ2) is 7.94. The fourth-order valence-corrected chi connectivity index (χ4v) is 8.44. The molecule has 164 valence electrons. The van der Waals surface area contributed by atoms with Gasteiger partial charge in [-0.25, -0.2) is 4.79 Å². The molecule has 5 nitrogen and oxygen atoms in total. The van der Waals surface area contributed by atoms with Gasteiger partial charge in [-0.15, -0.1) is 11.3 Å². The van der Waals surface area contributed by atoms with Crippen LogP contribution in [0.4, 0.5) is 5.00 Å². The van der Waals surface area contributed by atoms with Gasteiger partial charge in [-0.2, -0.15) is 0 Å². The van der Waals surface area contributed by atoms with E-state index in [0.717, 1.165) is 42.6 Å². The van der Waals surface area contributed by atoms with Crippen molar-refractivity contribution in [3.05, 3.63) is 16.0 Å². The first-order valence-electron chi connectivity index (χ1n) is 11.8. The van der Waals surface area contributed by atoms with Crippen LogP contribution in [0.1, 0.15) is 79.6 Å². The number of fused-ring (bicyclic) bond motifs is 1. The Hall–Kier alpha value is -1.40. The molecular weight excluding hydrogens is 396 g/mol. The molecule has 6 heteroatoms. The fraction of sp³-hybridized carbons (Fsp3) is 0.750. The molecule has 4 fully saturated rings. The summed E-state index contributed by atoms with van der Waals surface area (Å²) in [5.74, 6) is 2.85. The van der Waals surface area contributed by atoms with E-state index in [0.29, 0.717) is 29.6 Å². The minimum atomic E-state index is -0.297. The Morgan fingerprint density at radius 3 is 2.43 bits per heavy atom. The first-order valence-corrected chi connectivity index (χ1v) is 12.6. The van der Waals surface area contributed by atoms with Gasteiger partial charge in [0.2, 0.25) is 5.91 Å². The van der Waals surface area contributed by atoms with E-state index >= 15 is 0 Å². The van der Waals surface area contributed by atoms with Gasteiger partial charge in [-0.3, -0.25) is 4.79 Å². The molecule has 1 amide bonds. The zero-order chi connectivity index (χ0) is 20.9. The molecule has 5 aliphatic rings. The normalized spacial score (nSPS) is 33.9. The molecule has 0 radical (unpaired) electrons.